The standard InChI is InChI=1S/C29H33FN6O11S2/c1-29(2,3)26(40)45-13-44-25(39)21-15(10-43-17-6-4-5-16(30)9-17)11-48-24-20(23(38)36(21)24)34-22(37)19(18-12-49-27(32)33-18)35-47-14-46-28(41)42-8-7-31/h4-6,9,12,20,24H,7-8,10-11,13-14,31H2,1-3H3,(H2,32,33)(H,34,37)/t20?,24-/m0/s1. The Balaban J connectivity index is 1.49. The molecule has 0 saturated carbocycles. The smallest absolute Gasteiger partial charge is 0.489 e. The van der Waals surface area contributed by atoms with Crippen molar-refractivity contribution in [2.75, 3.05) is 44.8 Å². The zero-order chi connectivity index (χ0) is 35.7. The molecular formula is C29H33FN6O11S2. The Morgan fingerprint density at radius 2 is 1.92 bits per heavy atom. The number of amides is 2. The number of fused-ring (bicyclic) bond motifs is 1. The SMILES string of the molecule is CC(C)(C)C(=O)OCOC(=O)C1=C(COc2cccc(F)c2)CS[C@H]2C(NC(=O)C(=NOCOC(=O)OCCN)c3csc(N)n3)C(=O)N12. The summed E-state index contributed by atoms with van der Waals surface area (Å²) in [4.78, 5) is 74.0. The number of rotatable bonds is 14. The lowest BCUT2D eigenvalue weighted by Gasteiger charge is -2.49. The van der Waals surface area contributed by atoms with Crippen molar-refractivity contribution >= 4 is 63.9 Å². The number of anilines is 1. The highest BCUT2D eigenvalue weighted by molar-refractivity contribution is 8.00. The minimum Gasteiger partial charge on any atom is -0.489 e. The van der Waals surface area contributed by atoms with Gasteiger partial charge in [0.1, 0.15) is 47.6 Å². The number of oxime groups is 1. The van der Waals surface area contributed by atoms with Crippen LogP contribution in [0.3, 0.4) is 0 Å². The van der Waals surface area contributed by atoms with Crippen LogP contribution in [0.4, 0.5) is 14.3 Å². The van der Waals surface area contributed by atoms with Gasteiger partial charge in [-0.15, -0.1) is 23.1 Å². The average Bonchev–Trinajstić information content (AvgIpc) is 3.49. The number of nitrogens with zero attached hydrogens (tertiary/aromatic N) is 3. The van der Waals surface area contributed by atoms with E-state index in [4.69, 9.17) is 30.5 Å². The molecule has 1 unspecified atom stereocenters. The molecule has 1 aromatic heterocycles. The number of carbonyl (C=O) groups is 5. The maximum absolute atomic E-state index is 13.7. The molecule has 2 aromatic rings. The maximum atomic E-state index is 13.7. The van der Waals surface area contributed by atoms with E-state index in [1.807, 2.05) is 0 Å². The molecule has 2 amide bonds. The molecule has 1 saturated heterocycles. The van der Waals surface area contributed by atoms with Crippen molar-refractivity contribution in [3.63, 3.8) is 0 Å². The van der Waals surface area contributed by atoms with Crippen molar-refractivity contribution in [2.24, 2.45) is 16.3 Å². The van der Waals surface area contributed by atoms with E-state index in [0.29, 0.717) is 5.57 Å². The van der Waals surface area contributed by atoms with E-state index in [9.17, 15) is 28.4 Å². The molecule has 264 valence electrons. The monoisotopic (exact) mass is 724 g/mol. The van der Waals surface area contributed by atoms with Gasteiger partial charge in [-0.05, 0) is 32.9 Å². The third kappa shape index (κ3) is 9.57. The molecule has 20 heteroatoms. The molecule has 0 bridgehead atoms. The Kier molecular flexibility index (Phi) is 12.4. The van der Waals surface area contributed by atoms with Crippen molar-refractivity contribution in [2.45, 2.75) is 32.2 Å². The van der Waals surface area contributed by atoms with Gasteiger partial charge in [-0.1, -0.05) is 11.2 Å². The molecule has 5 N–H and O–H groups in total. The summed E-state index contributed by atoms with van der Waals surface area (Å²) in [6, 6.07) is 4.21. The van der Waals surface area contributed by atoms with Crippen molar-refractivity contribution in [3.8, 4) is 5.75 Å². The maximum Gasteiger partial charge on any atom is 0.511 e. The summed E-state index contributed by atoms with van der Waals surface area (Å²) >= 11 is 2.22. The Hall–Kier alpha value is -4.95. The first-order valence-electron chi connectivity index (χ1n) is 14.4. The van der Waals surface area contributed by atoms with Crippen molar-refractivity contribution in [1.82, 2.24) is 15.2 Å². The van der Waals surface area contributed by atoms with Crippen molar-refractivity contribution in [1.29, 1.82) is 0 Å². The molecule has 1 fully saturated rings. The Morgan fingerprint density at radius 3 is 2.59 bits per heavy atom. The Morgan fingerprint density at radius 1 is 1.14 bits per heavy atom. The van der Waals surface area contributed by atoms with Gasteiger partial charge in [-0.3, -0.25) is 19.3 Å². The number of benzene rings is 1. The number of hydrogen-bond donors (Lipinski definition) is 3. The van der Waals surface area contributed by atoms with Crippen LogP contribution in [0.15, 0.2) is 46.1 Å². The molecule has 4 rings (SSSR count). The molecule has 2 atom stereocenters. The summed E-state index contributed by atoms with van der Waals surface area (Å²) < 4.78 is 39.0. The summed E-state index contributed by atoms with van der Waals surface area (Å²) in [5.41, 5.74) is 9.89. The van der Waals surface area contributed by atoms with Crippen molar-refractivity contribution in [3.05, 3.63) is 52.4 Å². The van der Waals surface area contributed by atoms with Gasteiger partial charge in [0.25, 0.3) is 18.6 Å². The Bertz CT molecular complexity index is 1640. The quantitative estimate of drug-likeness (QED) is 0.0625. The molecule has 2 aliphatic heterocycles. The fourth-order valence-corrected chi connectivity index (χ4v) is 5.97. The van der Waals surface area contributed by atoms with Crippen LogP contribution in [-0.2, 0) is 43.0 Å². The number of ether oxygens (including phenoxy) is 5. The number of thiazole rings is 1. The lowest BCUT2D eigenvalue weighted by Crippen LogP contribution is -2.71. The number of nitrogen functional groups attached to an aromatic ring is 1. The summed E-state index contributed by atoms with van der Waals surface area (Å²) in [5, 5.41) is 7.03. The molecule has 1 aromatic carbocycles. The molecule has 0 aliphatic carbocycles. The summed E-state index contributed by atoms with van der Waals surface area (Å²) in [7, 11) is 0. The van der Waals surface area contributed by atoms with E-state index in [2.05, 4.69) is 24.9 Å². The van der Waals surface area contributed by atoms with E-state index in [1.54, 1.807) is 20.8 Å². The van der Waals surface area contributed by atoms with Gasteiger partial charge >= 0.3 is 18.1 Å². The largest absolute Gasteiger partial charge is 0.511 e. The fraction of sp³-hybridized carbons (Fsp3) is 0.414. The first-order valence-corrected chi connectivity index (χ1v) is 16.3. The molecule has 3 heterocycles. The predicted octanol–water partition coefficient (Wildman–Crippen LogP) is 1.48. The molecule has 0 spiro atoms. The zero-order valence-electron chi connectivity index (χ0n) is 26.5. The third-order valence-corrected chi connectivity index (χ3v) is 8.44. The second-order valence-electron chi connectivity index (χ2n) is 11.1. The molecule has 17 nitrogen and oxygen atoms in total. The molecular weight excluding hydrogens is 691 g/mol. The van der Waals surface area contributed by atoms with Crippen LogP contribution in [0, 0.1) is 11.2 Å². The van der Waals surface area contributed by atoms with E-state index >= 15 is 0 Å². The zero-order valence-corrected chi connectivity index (χ0v) is 28.1. The number of carbonyl (C=O) groups excluding carboxylic acids is 5. The van der Waals surface area contributed by atoms with Crippen LogP contribution in [0.5, 0.6) is 5.75 Å². The second kappa shape index (κ2) is 16.4. The van der Waals surface area contributed by atoms with Gasteiger partial charge in [-0.25, -0.2) is 19.0 Å². The van der Waals surface area contributed by atoms with Gasteiger partial charge in [0.15, 0.2) is 10.8 Å². The van der Waals surface area contributed by atoms with Crippen LogP contribution in [0.2, 0.25) is 0 Å². The first-order chi connectivity index (χ1) is 23.3. The predicted molar refractivity (Wildman–Crippen MR) is 171 cm³/mol. The van der Waals surface area contributed by atoms with E-state index < -0.39 is 66.1 Å². The van der Waals surface area contributed by atoms with E-state index in [-0.39, 0.29) is 53.5 Å². The highest BCUT2D eigenvalue weighted by Crippen LogP contribution is 2.41. The molecule has 2 aliphatic rings. The lowest BCUT2D eigenvalue weighted by atomic mass is 9.98. The summed E-state index contributed by atoms with van der Waals surface area (Å²) in [6.45, 7) is 3.21. The van der Waals surface area contributed by atoms with Gasteiger partial charge in [-0.2, -0.15) is 0 Å². The number of esters is 2. The number of halogens is 1. The number of nitrogens with one attached hydrogen (secondary N) is 1. The van der Waals surface area contributed by atoms with E-state index in [1.165, 1.54) is 35.3 Å². The number of aromatic nitrogens is 1. The third-order valence-electron chi connectivity index (χ3n) is 6.43. The highest BCUT2D eigenvalue weighted by Gasteiger charge is 2.55. The first kappa shape index (κ1) is 36.9. The van der Waals surface area contributed by atoms with Crippen LogP contribution in [0.1, 0.15) is 26.5 Å². The summed E-state index contributed by atoms with van der Waals surface area (Å²) in [6.07, 6.45) is -1.07. The van der Waals surface area contributed by atoms with Crippen LogP contribution in [-0.4, -0.2) is 96.0 Å². The normalized spacial score (nSPS) is 17.4. The fourth-order valence-electron chi connectivity index (χ4n) is 4.09. The van der Waals surface area contributed by atoms with Crippen LogP contribution >= 0.6 is 23.1 Å². The average molecular weight is 725 g/mol. The number of β-lactam (4-membered cyclic amide) rings is 1. The van der Waals surface area contributed by atoms with Gasteiger partial charge in [0.2, 0.25) is 6.79 Å². The number of thioether (sulfide) groups is 1. The van der Waals surface area contributed by atoms with Crippen LogP contribution < -0.4 is 21.5 Å². The summed E-state index contributed by atoms with van der Waals surface area (Å²) in [5.74, 6) is -3.39. The van der Waals surface area contributed by atoms with Crippen molar-refractivity contribution < 1.29 is 56.9 Å². The Labute approximate surface area is 287 Å². The topological polar surface area (TPSA) is 233 Å². The highest BCUT2D eigenvalue weighted by atomic mass is 32.2. The minimum absolute atomic E-state index is 0.0105. The molecule has 0 radical (unpaired) electrons. The minimum atomic E-state index is -1.15. The van der Waals surface area contributed by atoms with Crippen LogP contribution in [0.25, 0.3) is 0 Å². The van der Waals surface area contributed by atoms with Gasteiger partial charge < -0.3 is 45.3 Å². The number of nitrogens with two attached hydrogens (primary N) is 2. The number of hydrogen-bond acceptors (Lipinski definition) is 17. The molecule has 49 heavy (non-hydrogen) atoms. The second-order valence-corrected chi connectivity index (χ2v) is 13.1. The lowest BCUT2D eigenvalue weighted by molar-refractivity contribution is -0.173. The van der Waals surface area contributed by atoms with Gasteiger partial charge in [0, 0.05) is 29.3 Å². The van der Waals surface area contributed by atoms with E-state index in [0.717, 1.165) is 22.3 Å². The van der Waals surface area contributed by atoms with Gasteiger partial charge in [0.05, 0.1) is 5.41 Å².